The summed E-state index contributed by atoms with van der Waals surface area (Å²) in [6.45, 7) is 0. The van der Waals surface area contributed by atoms with Gasteiger partial charge in [0.2, 0.25) is 0 Å². The maximum Gasteiger partial charge on any atom is 0.256 e. The molecule has 12 heavy (non-hydrogen) atoms. The van der Waals surface area contributed by atoms with Crippen LogP contribution in [0, 0.1) is 0 Å². The lowest BCUT2D eigenvalue weighted by molar-refractivity contribution is -0.116. The highest BCUT2D eigenvalue weighted by Crippen LogP contribution is 2.14. The minimum absolute atomic E-state index is 0.142. The van der Waals surface area contributed by atoms with Crippen molar-refractivity contribution in [2.24, 2.45) is 10.8 Å². The summed E-state index contributed by atoms with van der Waals surface area (Å²) in [5, 5.41) is 11.3. The van der Waals surface area contributed by atoms with Crippen LogP contribution in [-0.4, -0.2) is 21.9 Å². The Morgan fingerprint density at radius 3 is 3.00 bits per heavy atom. The summed E-state index contributed by atoms with van der Waals surface area (Å²) in [4.78, 5) is 11.2. The minimum atomic E-state index is -0.142. The molecule has 0 aliphatic carbocycles. The summed E-state index contributed by atoms with van der Waals surface area (Å²) < 4.78 is 0. The van der Waals surface area contributed by atoms with Gasteiger partial charge in [-0.25, -0.2) is 0 Å². The molecule has 3 N–H and O–H groups in total. The first-order valence-electron chi connectivity index (χ1n) is 3.42. The summed E-state index contributed by atoms with van der Waals surface area (Å²) in [6, 6.07) is 1.65. The lowest BCUT2D eigenvalue weighted by Gasteiger charge is -2.06. The molecule has 0 saturated heterocycles. The van der Waals surface area contributed by atoms with E-state index in [1.807, 2.05) is 0 Å². The zero-order valence-electron chi connectivity index (χ0n) is 6.19. The Bertz CT molecular complexity index is 328. The number of nitrogens with two attached hydrogens (primary N) is 1. The zero-order chi connectivity index (χ0) is 8.55. The number of rotatable bonds is 1. The average molecular weight is 165 g/mol. The van der Waals surface area contributed by atoms with E-state index < -0.39 is 0 Å². The van der Waals surface area contributed by atoms with E-state index in [1.165, 1.54) is 5.01 Å². The first kappa shape index (κ1) is 6.84. The van der Waals surface area contributed by atoms with Gasteiger partial charge < -0.3 is 5.73 Å². The number of hydrogen-bond acceptors (Lipinski definition) is 4. The number of aromatic nitrogens is 2. The normalized spacial score (nSPS) is 16.8. The van der Waals surface area contributed by atoms with Crippen LogP contribution in [0.15, 0.2) is 17.4 Å². The number of hydrazone groups is 1. The number of carbonyl (C=O) groups excluding carboxylic acids is 1. The molecule has 1 aromatic rings. The number of nitrogens with one attached hydrogen (secondary N) is 1. The van der Waals surface area contributed by atoms with Gasteiger partial charge in [-0.2, -0.15) is 15.2 Å². The molecule has 0 bridgehead atoms. The fourth-order valence-corrected chi connectivity index (χ4v) is 1.00. The molecule has 2 heterocycles. The molecule has 6 nitrogen and oxygen atoms in total. The number of carbonyl (C=O) groups is 1. The number of H-pyrrole nitrogens is 1. The first-order valence-corrected chi connectivity index (χ1v) is 3.42. The van der Waals surface area contributed by atoms with Crippen molar-refractivity contribution in [3.05, 3.63) is 12.3 Å². The third kappa shape index (κ3) is 0.931. The van der Waals surface area contributed by atoms with Crippen LogP contribution >= 0.6 is 0 Å². The topological polar surface area (TPSA) is 87.4 Å². The van der Waals surface area contributed by atoms with Gasteiger partial charge >= 0.3 is 0 Å². The largest absolute Gasteiger partial charge is 0.385 e. The standard InChI is InChI=1S/C6H7N5O/c7-4-3-6(12)11(10-4)5-1-2-8-9-5/h1-2H,3H2,(H2,7,10)(H,8,9). The molecular weight excluding hydrogens is 158 g/mol. The van der Waals surface area contributed by atoms with Crippen LogP contribution in [-0.2, 0) is 4.79 Å². The van der Waals surface area contributed by atoms with Crippen LogP contribution < -0.4 is 10.7 Å². The molecule has 1 aliphatic heterocycles. The minimum Gasteiger partial charge on any atom is -0.385 e. The highest BCUT2D eigenvalue weighted by Gasteiger charge is 2.23. The van der Waals surface area contributed by atoms with E-state index in [2.05, 4.69) is 15.3 Å². The van der Waals surface area contributed by atoms with Gasteiger partial charge in [0.05, 0.1) is 12.6 Å². The van der Waals surface area contributed by atoms with Crippen LogP contribution in [0.5, 0.6) is 0 Å². The van der Waals surface area contributed by atoms with Crippen molar-refractivity contribution in [1.29, 1.82) is 0 Å². The van der Waals surface area contributed by atoms with Crippen LogP contribution in [0.4, 0.5) is 5.82 Å². The first-order chi connectivity index (χ1) is 5.77. The Balaban J connectivity index is 2.31. The third-order valence-electron chi connectivity index (χ3n) is 1.51. The fourth-order valence-electron chi connectivity index (χ4n) is 1.00. The van der Waals surface area contributed by atoms with E-state index in [4.69, 9.17) is 5.73 Å². The smallest absolute Gasteiger partial charge is 0.256 e. The predicted octanol–water partition coefficient (Wildman–Crippen LogP) is -0.581. The van der Waals surface area contributed by atoms with Crippen molar-refractivity contribution >= 4 is 17.6 Å². The number of anilines is 1. The second-order valence-electron chi connectivity index (χ2n) is 2.42. The van der Waals surface area contributed by atoms with Gasteiger partial charge in [-0.15, -0.1) is 0 Å². The number of hydrogen-bond donors (Lipinski definition) is 2. The molecule has 0 atom stereocenters. The van der Waals surface area contributed by atoms with Crippen LogP contribution in [0.1, 0.15) is 6.42 Å². The van der Waals surface area contributed by atoms with Gasteiger partial charge in [-0.3, -0.25) is 9.89 Å². The van der Waals surface area contributed by atoms with E-state index in [1.54, 1.807) is 12.3 Å². The molecule has 1 aromatic heterocycles. The maximum absolute atomic E-state index is 11.2. The summed E-state index contributed by atoms with van der Waals surface area (Å²) >= 11 is 0. The Hall–Kier alpha value is -1.85. The van der Waals surface area contributed by atoms with E-state index in [-0.39, 0.29) is 12.3 Å². The molecule has 1 amide bonds. The number of nitrogens with zero attached hydrogens (tertiary/aromatic N) is 3. The molecule has 0 spiro atoms. The van der Waals surface area contributed by atoms with Crippen molar-refractivity contribution in [2.45, 2.75) is 6.42 Å². The summed E-state index contributed by atoms with van der Waals surface area (Å²) in [6.07, 6.45) is 1.73. The van der Waals surface area contributed by atoms with Crippen LogP contribution in [0.25, 0.3) is 0 Å². The Morgan fingerprint density at radius 1 is 1.67 bits per heavy atom. The van der Waals surface area contributed by atoms with Crippen LogP contribution in [0.3, 0.4) is 0 Å². The molecule has 2 rings (SSSR count). The average Bonchev–Trinajstić information content (AvgIpc) is 2.58. The lowest BCUT2D eigenvalue weighted by Crippen LogP contribution is -2.19. The number of amidine groups is 1. The van der Waals surface area contributed by atoms with Crippen molar-refractivity contribution in [1.82, 2.24) is 10.2 Å². The second-order valence-corrected chi connectivity index (χ2v) is 2.42. The van der Waals surface area contributed by atoms with Gasteiger partial charge in [-0.05, 0) is 0 Å². The Morgan fingerprint density at radius 2 is 2.50 bits per heavy atom. The van der Waals surface area contributed by atoms with Gasteiger partial charge in [0.1, 0.15) is 5.84 Å². The predicted molar refractivity (Wildman–Crippen MR) is 42.3 cm³/mol. The van der Waals surface area contributed by atoms with Gasteiger partial charge in [-0.1, -0.05) is 0 Å². The van der Waals surface area contributed by atoms with E-state index >= 15 is 0 Å². The van der Waals surface area contributed by atoms with E-state index in [9.17, 15) is 4.79 Å². The van der Waals surface area contributed by atoms with Crippen molar-refractivity contribution in [2.75, 3.05) is 5.01 Å². The molecule has 0 aromatic carbocycles. The molecule has 0 saturated carbocycles. The Labute approximate surface area is 68.0 Å². The number of amides is 1. The molecule has 0 unspecified atom stereocenters. The van der Waals surface area contributed by atoms with E-state index in [0.717, 1.165) is 0 Å². The second kappa shape index (κ2) is 2.33. The van der Waals surface area contributed by atoms with Crippen molar-refractivity contribution in [3.8, 4) is 0 Å². The highest BCUT2D eigenvalue weighted by molar-refractivity contribution is 6.11. The monoisotopic (exact) mass is 165 g/mol. The van der Waals surface area contributed by atoms with Crippen LogP contribution in [0.2, 0.25) is 0 Å². The fraction of sp³-hybridized carbons (Fsp3) is 0.167. The van der Waals surface area contributed by atoms with Gasteiger partial charge in [0, 0.05) is 6.07 Å². The molecule has 1 aliphatic rings. The molecule has 0 radical (unpaired) electrons. The summed E-state index contributed by atoms with van der Waals surface area (Å²) in [5.41, 5.74) is 5.37. The zero-order valence-corrected chi connectivity index (χ0v) is 6.19. The van der Waals surface area contributed by atoms with Gasteiger partial charge in [0.15, 0.2) is 5.82 Å². The van der Waals surface area contributed by atoms with Crippen molar-refractivity contribution in [3.63, 3.8) is 0 Å². The third-order valence-corrected chi connectivity index (χ3v) is 1.51. The maximum atomic E-state index is 11.2. The summed E-state index contributed by atoms with van der Waals surface area (Å²) in [7, 11) is 0. The quantitative estimate of drug-likeness (QED) is 0.583. The summed E-state index contributed by atoms with van der Waals surface area (Å²) in [5.74, 6) is 0.729. The molecule has 62 valence electrons. The Kier molecular flexibility index (Phi) is 1.33. The molecule has 6 heteroatoms. The van der Waals surface area contributed by atoms with Gasteiger partial charge in [0.25, 0.3) is 5.91 Å². The number of aromatic amines is 1. The molecule has 0 fully saturated rings. The van der Waals surface area contributed by atoms with Crippen molar-refractivity contribution < 1.29 is 4.79 Å². The highest BCUT2D eigenvalue weighted by atomic mass is 16.2. The van der Waals surface area contributed by atoms with E-state index in [0.29, 0.717) is 11.7 Å². The SMILES string of the molecule is NC1=NN(c2ccn[nH]2)C(=O)C1. The molecular formula is C6H7N5O. The lowest BCUT2D eigenvalue weighted by atomic mass is 10.4.